The van der Waals surface area contributed by atoms with E-state index >= 15 is 0 Å². The number of halogens is 2. The molecule has 1 fully saturated rings. The monoisotopic (exact) mass is 255 g/mol. The minimum Gasteiger partial charge on any atom is -0.369 e. The van der Waals surface area contributed by atoms with Gasteiger partial charge in [-0.3, -0.25) is 0 Å². The molecular formula is C14H19F2NO. The zero-order valence-electron chi connectivity index (χ0n) is 10.6. The predicted molar refractivity (Wildman–Crippen MR) is 65.9 cm³/mol. The maximum absolute atomic E-state index is 13.1. The lowest BCUT2D eigenvalue weighted by Crippen LogP contribution is -2.38. The topological polar surface area (TPSA) is 35.2 Å². The van der Waals surface area contributed by atoms with Crippen LogP contribution in [0.4, 0.5) is 8.78 Å². The van der Waals surface area contributed by atoms with Crippen molar-refractivity contribution in [2.24, 2.45) is 11.7 Å². The molecule has 1 aromatic rings. The Hall–Kier alpha value is -1.00. The van der Waals surface area contributed by atoms with Crippen molar-refractivity contribution in [1.82, 2.24) is 0 Å². The van der Waals surface area contributed by atoms with Crippen LogP contribution in [0.25, 0.3) is 0 Å². The van der Waals surface area contributed by atoms with Crippen LogP contribution < -0.4 is 5.73 Å². The van der Waals surface area contributed by atoms with Gasteiger partial charge in [0, 0.05) is 6.54 Å². The first-order chi connectivity index (χ1) is 8.54. The highest BCUT2D eigenvalue weighted by molar-refractivity contribution is 5.17. The van der Waals surface area contributed by atoms with Gasteiger partial charge in [-0.15, -0.1) is 0 Å². The van der Waals surface area contributed by atoms with Crippen LogP contribution in [0.2, 0.25) is 0 Å². The van der Waals surface area contributed by atoms with Crippen LogP contribution >= 0.6 is 0 Å². The molecule has 18 heavy (non-hydrogen) atoms. The number of benzene rings is 1. The second-order valence-corrected chi connectivity index (χ2v) is 5.27. The first kappa shape index (κ1) is 13.4. The van der Waals surface area contributed by atoms with Gasteiger partial charge < -0.3 is 10.5 Å². The maximum atomic E-state index is 13.1. The molecule has 100 valence electrons. The molecule has 0 bridgehead atoms. The highest BCUT2D eigenvalue weighted by Gasteiger charge is 2.37. The van der Waals surface area contributed by atoms with Crippen LogP contribution in [-0.2, 0) is 11.3 Å². The minimum absolute atomic E-state index is 0.279. The fourth-order valence-electron chi connectivity index (χ4n) is 2.59. The van der Waals surface area contributed by atoms with Crippen LogP contribution in [0.15, 0.2) is 18.2 Å². The Morgan fingerprint density at radius 2 is 2.17 bits per heavy atom. The molecule has 2 rings (SSSR count). The normalized spacial score (nSPS) is 27.7. The second kappa shape index (κ2) is 5.33. The van der Waals surface area contributed by atoms with Crippen LogP contribution in [0.3, 0.4) is 0 Å². The molecule has 1 aliphatic rings. The molecule has 1 aromatic carbocycles. The van der Waals surface area contributed by atoms with Crippen LogP contribution in [0, 0.1) is 17.6 Å². The number of hydrogen-bond donors (Lipinski definition) is 1. The Morgan fingerprint density at radius 3 is 2.72 bits per heavy atom. The number of rotatable bonds is 4. The van der Waals surface area contributed by atoms with E-state index in [9.17, 15) is 8.78 Å². The van der Waals surface area contributed by atoms with Crippen molar-refractivity contribution in [3.05, 3.63) is 35.4 Å². The SMILES string of the molecule is CC1CCC(CN)(OCc2ccc(F)c(F)c2)C1. The van der Waals surface area contributed by atoms with E-state index in [1.54, 1.807) is 6.07 Å². The van der Waals surface area contributed by atoms with Crippen molar-refractivity contribution in [2.75, 3.05) is 6.54 Å². The summed E-state index contributed by atoms with van der Waals surface area (Å²) in [6, 6.07) is 3.85. The van der Waals surface area contributed by atoms with Gasteiger partial charge in [0.05, 0.1) is 12.2 Å². The van der Waals surface area contributed by atoms with Gasteiger partial charge in [-0.25, -0.2) is 8.78 Å². The van der Waals surface area contributed by atoms with E-state index in [0.717, 1.165) is 25.3 Å². The molecule has 0 radical (unpaired) electrons. The van der Waals surface area contributed by atoms with E-state index in [1.165, 1.54) is 6.07 Å². The molecule has 0 aliphatic heterocycles. The molecule has 0 saturated heterocycles. The van der Waals surface area contributed by atoms with E-state index in [4.69, 9.17) is 10.5 Å². The average Bonchev–Trinajstić information content (AvgIpc) is 2.73. The molecule has 0 aromatic heterocycles. The van der Waals surface area contributed by atoms with E-state index in [2.05, 4.69) is 6.92 Å². The lowest BCUT2D eigenvalue weighted by Gasteiger charge is -2.28. The van der Waals surface area contributed by atoms with Gasteiger partial charge in [-0.2, -0.15) is 0 Å². The molecule has 0 amide bonds. The van der Waals surface area contributed by atoms with Gasteiger partial charge in [0.2, 0.25) is 0 Å². The number of nitrogens with two attached hydrogens (primary N) is 1. The van der Waals surface area contributed by atoms with Crippen molar-refractivity contribution in [3.8, 4) is 0 Å². The molecule has 2 nitrogen and oxygen atoms in total. The smallest absolute Gasteiger partial charge is 0.159 e. The fraction of sp³-hybridized carbons (Fsp3) is 0.571. The maximum Gasteiger partial charge on any atom is 0.159 e. The molecule has 1 aliphatic carbocycles. The highest BCUT2D eigenvalue weighted by atomic mass is 19.2. The second-order valence-electron chi connectivity index (χ2n) is 5.27. The predicted octanol–water partition coefficient (Wildman–Crippen LogP) is 3.00. The third-order valence-corrected chi connectivity index (χ3v) is 3.71. The molecular weight excluding hydrogens is 236 g/mol. The Labute approximate surface area is 106 Å². The van der Waals surface area contributed by atoms with Crippen LogP contribution in [-0.4, -0.2) is 12.1 Å². The average molecular weight is 255 g/mol. The number of ether oxygens (including phenoxy) is 1. The third-order valence-electron chi connectivity index (χ3n) is 3.71. The molecule has 2 unspecified atom stereocenters. The molecule has 1 saturated carbocycles. The van der Waals surface area contributed by atoms with Gasteiger partial charge in [0.25, 0.3) is 0 Å². The molecule has 0 spiro atoms. The Morgan fingerprint density at radius 1 is 1.39 bits per heavy atom. The summed E-state index contributed by atoms with van der Waals surface area (Å²) in [6.07, 6.45) is 2.98. The van der Waals surface area contributed by atoms with Crippen molar-refractivity contribution < 1.29 is 13.5 Å². The molecule has 0 heterocycles. The van der Waals surface area contributed by atoms with E-state index < -0.39 is 11.6 Å². The van der Waals surface area contributed by atoms with Crippen molar-refractivity contribution in [1.29, 1.82) is 0 Å². The summed E-state index contributed by atoms with van der Waals surface area (Å²) in [6.45, 7) is 2.93. The standard InChI is InChI=1S/C14H19F2NO/c1-10-4-5-14(7-10,9-17)18-8-11-2-3-12(15)13(16)6-11/h2-3,6,10H,4-5,7-9,17H2,1H3. The zero-order chi connectivity index (χ0) is 13.2. The third kappa shape index (κ3) is 2.87. The lowest BCUT2D eigenvalue weighted by molar-refractivity contribution is -0.0472. The van der Waals surface area contributed by atoms with Gasteiger partial charge in [0.1, 0.15) is 0 Å². The summed E-state index contributed by atoms with van der Waals surface area (Å²) in [7, 11) is 0. The highest BCUT2D eigenvalue weighted by Crippen LogP contribution is 2.37. The first-order valence-electron chi connectivity index (χ1n) is 6.33. The quantitative estimate of drug-likeness (QED) is 0.897. The van der Waals surface area contributed by atoms with Gasteiger partial charge in [-0.1, -0.05) is 13.0 Å². The van der Waals surface area contributed by atoms with Crippen LogP contribution in [0.1, 0.15) is 31.7 Å². The van der Waals surface area contributed by atoms with E-state index in [-0.39, 0.29) is 12.2 Å². The summed E-state index contributed by atoms with van der Waals surface area (Å²) in [5, 5.41) is 0. The van der Waals surface area contributed by atoms with Crippen molar-refractivity contribution in [3.63, 3.8) is 0 Å². The summed E-state index contributed by atoms with van der Waals surface area (Å²) in [5.74, 6) is -1.06. The molecule has 4 heteroatoms. The summed E-state index contributed by atoms with van der Waals surface area (Å²) in [5.41, 5.74) is 6.14. The summed E-state index contributed by atoms with van der Waals surface area (Å²) < 4.78 is 31.7. The van der Waals surface area contributed by atoms with Gasteiger partial charge in [0.15, 0.2) is 11.6 Å². The van der Waals surface area contributed by atoms with Gasteiger partial charge >= 0.3 is 0 Å². The largest absolute Gasteiger partial charge is 0.369 e. The van der Waals surface area contributed by atoms with Crippen molar-refractivity contribution in [2.45, 2.75) is 38.4 Å². The summed E-state index contributed by atoms with van der Waals surface area (Å²) in [4.78, 5) is 0. The van der Waals surface area contributed by atoms with Gasteiger partial charge in [-0.05, 0) is 42.9 Å². The van der Waals surface area contributed by atoms with Crippen molar-refractivity contribution >= 4 is 0 Å². The molecule has 2 atom stereocenters. The number of hydrogen-bond acceptors (Lipinski definition) is 2. The lowest BCUT2D eigenvalue weighted by atomic mass is 10.0. The van der Waals surface area contributed by atoms with E-state index in [1.807, 2.05) is 0 Å². The summed E-state index contributed by atoms with van der Waals surface area (Å²) >= 11 is 0. The fourth-order valence-corrected chi connectivity index (χ4v) is 2.59. The Kier molecular flexibility index (Phi) is 3.97. The molecule has 2 N–H and O–H groups in total. The minimum atomic E-state index is -0.835. The first-order valence-corrected chi connectivity index (χ1v) is 6.33. The Bertz CT molecular complexity index is 424. The van der Waals surface area contributed by atoms with Crippen LogP contribution in [0.5, 0.6) is 0 Å². The zero-order valence-corrected chi connectivity index (χ0v) is 10.6. The Balaban J connectivity index is 1.99. The van der Waals surface area contributed by atoms with E-state index in [0.29, 0.717) is 18.0 Å².